The highest BCUT2D eigenvalue weighted by molar-refractivity contribution is 7.91. The largest absolute Gasteiger partial charge is 0.229 e. The lowest BCUT2D eigenvalue weighted by Gasteiger charge is -2.34. The second-order valence-corrected chi connectivity index (χ2v) is 7.80. The molecule has 1 fully saturated rings. The molecule has 0 aliphatic heterocycles. The Kier molecular flexibility index (Phi) is 5.00. The fourth-order valence-corrected chi connectivity index (χ4v) is 4.34. The van der Waals surface area contributed by atoms with Crippen LogP contribution < -0.4 is 0 Å². The first-order valence-corrected chi connectivity index (χ1v) is 8.37. The Balaban J connectivity index is 2.62. The topological polar surface area (TPSA) is 57.9 Å². The van der Waals surface area contributed by atoms with Crippen molar-refractivity contribution in [1.29, 1.82) is 5.26 Å². The van der Waals surface area contributed by atoms with Crippen molar-refractivity contribution in [3.8, 4) is 6.07 Å². The van der Waals surface area contributed by atoms with E-state index in [1.54, 1.807) is 0 Å². The van der Waals surface area contributed by atoms with Gasteiger partial charge in [0, 0.05) is 5.75 Å². The van der Waals surface area contributed by atoms with E-state index < -0.39 is 9.84 Å². The van der Waals surface area contributed by atoms with Gasteiger partial charge in [0.2, 0.25) is 0 Å². The molecule has 1 rings (SSSR count). The van der Waals surface area contributed by atoms with Gasteiger partial charge in [-0.2, -0.15) is 5.26 Å². The summed E-state index contributed by atoms with van der Waals surface area (Å²) in [7, 11) is -2.95. The minimum atomic E-state index is -2.95. The SMILES string of the molecule is CCCS(=O)(=O)CCC1(C#N)CCCC(C)C1. The zero-order chi connectivity index (χ0) is 12.9. The molecule has 2 atom stereocenters. The van der Waals surface area contributed by atoms with Gasteiger partial charge < -0.3 is 0 Å². The molecule has 0 aromatic rings. The molecular weight excluding hydrogens is 234 g/mol. The van der Waals surface area contributed by atoms with Crippen LogP contribution >= 0.6 is 0 Å². The van der Waals surface area contributed by atoms with Gasteiger partial charge in [0.15, 0.2) is 0 Å². The average Bonchev–Trinajstić information content (AvgIpc) is 2.27. The lowest BCUT2D eigenvalue weighted by Crippen LogP contribution is -2.29. The van der Waals surface area contributed by atoms with Gasteiger partial charge in [0.1, 0.15) is 9.84 Å². The molecule has 0 amide bonds. The molecule has 1 aliphatic carbocycles. The summed E-state index contributed by atoms with van der Waals surface area (Å²) in [4.78, 5) is 0. The molecule has 0 aromatic carbocycles. The van der Waals surface area contributed by atoms with Crippen LogP contribution in [0.4, 0.5) is 0 Å². The van der Waals surface area contributed by atoms with Gasteiger partial charge >= 0.3 is 0 Å². The van der Waals surface area contributed by atoms with Crippen LogP contribution in [0.1, 0.15) is 52.4 Å². The highest BCUT2D eigenvalue weighted by atomic mass is 32.2. The molecule has 4 heteroatoms. The zero-order valence-corrected chi connectivity index (χ0v) is 11.7. The van der Waals surface area contributed by atoms with Crippen molar-refractivity contribution in [3.05, 3.63) is 0 Å². The molecule has 0 saturated heterocycles. The van der Waals surface area contributed by atoms with Crippen molar-refractivity contribution in [1.82, 2.24) is 0 Å². The highest BCUT2D eigenvalue weighted by Crippen LogP contribution is 2.41. The number of nitriles is 1. The fraction of sp³-hybridized carbons (Fsp3) is 0.923. The Morgan fingerprint density at radius 3 is 2.65 bits per heavy atom. The molecule has 0 N–H and O–H groups in total. The van der Waals surface area contributed by atoms with Crippen LogP contribution in [0.2, 0.25) is 0 Å². The highest BCUT2D eigenvalue weighted by Gasteiger charge is 2.35. The third-order valence-corrected chi connectivity index (χ3v) is 5.59. The van der Waals surface area contributed by atoms with E-state index in [1.807, 2.05) is 6.92 Å². The van der Waals surface area contributed by atoms with E-state index in [4.69, 9.17) is 0 Å². The predicted octanol–water partition coefficient (Wildman–Crippen LogP) is 2.92. The van der Waals surface area contributed by atoms with E-state index in [-0.39, 0.29) is 16.9 Å². The lowest BCUT2D eigenvalue weighted by atomic mass is 9.69. The third kappa shape index (κ3) is 4.31. The molecule has 0 spiro atoms. The molecule has 1 aliphatic rings. The molecule has 0 heterocycles. The van der Waals surface area contributed by atoms with Crippen molar-refractivity contribution in [2.75, 3.05) is 11.5 Å². The molecule has 3 nitrogen and oxygen atoms in total. The van der Waals surface area contributed by atoms with Crippen molar-refractivity contribution in [2.45, 2.75) is 52.4 Å². The maximum atomic E-state index is 11.7. The van der Waals surface area contributed by atoms with Gasteiger partial charge in [0.05, 0.1) is 17.2 Å². The zero-order valence-electron chi connectivity index (χ0n) is 10.9. The van der Waals surface area contributed by atoms with Gasteiger partial charge in [-0.05, 0) is 31.6 Å². The molecule has 2 unspecified atom stereocenters. The van der Waals surface area contributed by atoms with Gasteiger partial charge in [-0.3, -0.25) is 0 Å². The van der Waals surface area contributed by atoms with Gasteiger partial charge in [-0.1, -0.05) is 26.7 Å². The fourth-order valence-electron chi connectivity index (χ4n) is 2.81. The van der Waals surface area contributed by atoms with Crippen molar-refractivity contribution in [3.63, 3.8) is 0 Å². The van der Waals surface area contributed by atoms with Crippen LogP contribution in [-0.4, -0.2) is 19.9 Å². The summed E-state index contributed by atoms with van der Waals surface area (Å²) in [6.45, 7) is 4.03. The van der Waals surface area contributed by atoms with Crippen molar-refractivity contribution in [2.24, 2.45) is 11.3 Å². The summed E-state index contributed by atoms with van der Waals surface area (Å²) in [5.41, 5.74) is -0.377. The minimum Gasteiger partial charge on any atom is -0.229 e. The Hall–Kier alpha value is -0.560. The van der Waals surface area contributed by atoms with E-state index in [0.717, 1.165) is 19.3 Å². The first-order chi connectivity index (χ1) is 7.93. The van der Waals surface area contributed by atoms with E-state index in [9.17, 15) is 13.7 Å². The molecule has 0 bridgehead atoms. The van der Waals surface area contributed by atoms with Crippen molar-refractivity contribution >= 4 is 9.84 Å². The number of hydrogen-bond donors (Lipinski definition) is 0. The molecule has 98 valence electrons. The van der Waals surface area contributed by atoms with E-state index in [2.05, 4.69) is 13.0 Å². The third-order valence-electron chi connectivity index (χ3n) is 3.74. The Bertz CT molecular complexity index is 383. The lowest BCUT2D eigenvalue weighted by molar-refractivity contribution is 0.205. The Morgan fingerprint density at radius 2 is 2.12 bits per heavy atom. The monoisotopic (exact) mass is 257 g/mol. The first-order valence-electron chi connectivity index (χ1n) is 6.55. The predicted molar refractivity (Wildman–Crippen MR) is 69.2 cm³/mol. The standard InChI is InChI=1S/C13H23NO2S/c1-3-8-17(15,16)9-7-13(11-14)6-4-5-12(2)10-13/h12H,3-10H2,1-2H3. The quantitative estimate of drug-likeness (QED) is 0.761. The number of nitrogens with zero attached hydrogens (tertiary/aromatic N) is 1. The van der Waals surface area contributed by atoms with Crippen LogP contribution in [0.25, 0.3) is 0 Å². The summed E-state index contributed by atoms with van der Waals surface area (Å²) in [5, 5.41) is 9.34. The number of hydrogen-bond acceptors (Lipinski definition) is 3. The molecular formula is C13H23NO2S. The van der Waals surface area contributed by atoms with E-state index in [0.29, 0.717) is 18.8 Å². The Morgan fingerprint density at radius 1 is 1.41 bits per heavy atom. The van der Waals surface area contributed by atoms with Crippen molar-refractivity contribution < 1.29 is 8.42 Å². The van der Waals surface area contributed by atoms with Gasteiger partial charge in [-0.15, -0.1) is 0 Å². The smallest absolute Gasteiger partial charge is 0.150 e. The van der Waals surface area contributed by atoms with Crippen LogP contribution in [0.5, 0.6) is 0 Å². The van der Waals surface area contributed by atoms with Crippen LogP contribution in [0, 0.1) is 22.7 Å². The van der Waals surface area contributed by atoms with Crippen LogP contribution in [0.3, 0.4) is 0 Å². The molecule has 0 radical (unpaired) electrons. The van der Waals surface area contributed by atoms with Crippen LogP contribution in [-0.2, 0) is 9.84 Å². The summed E-state index contributed by atoms with van der Waals surface area (Å²) in [6.07, 6.45) is 5.16. The number of rotatable bonds is 5. The van der Waals surface area contributed by atoms with Gasteiger partial charge in [0.25, 0.3) is 0 Å². The van der Waals surface area contributed by atoms with Crippen LogP contribution in [0.15, 0.2) is 0 Å². The van der Waals surface area contributed by atoms with Gasteiger partial charge in [-0.25, -0.2) is 8.42 Å². The first kappa shape index (κ1) is 14.5. The maximum absolute atomic E-state index is 11.7. The summed E-state index contributed by atoms with van der Waals surface area (Å²) in [6, 6.07) is 2.40. The summed E-state index contributed by atoms with van der Waals surface area (Å²) in [5.74, 6) is 0.989. The average molecular weight is 257 g/mol. The number of sulfone groups is 1. The second kappa shape index (κ2) is 5.86. The second-order valence-electron chi connectivity index (χ2n) is 5.50. The summed E-state index contributed by atoms with van der Waals surface area (Å²) < 4.78 is 23.4. The maximum Gasteiger partial charge on any atom is 0.150 e. The minimum absolute atomic E-state index is 0.182. The Labute approximate surface area is 105 Å². The molecule has 17 heavy (non-hydrogen) atoms. The van der Waals surface area contributed by atoms with E-state index >= 15 is 0 Å². The molecule has 0 aromatic heterocycles. The normalized spacial score (nSPS) is 29.8. The van der Waals surface area contributed by atoms with E-state index in [1.165, 1.54) is 6.42 Å². The summed E-state index contributed by atoms with van der Waals surface area (Å²) >= 11 is 0. The molecule has 1 saturated carbocycles.